The van der Waals surface area contributed by atoms with E-state index in [4.69, 9.17) is 11.1 Å². The van der Waals surface area contributed by atoms with Gasteiger partial charge in [-0.2, -0.15) is 13.2 Å². The Morgan fingerprint density at radius 2 is 1.81 bits per heavy atom. The summed E-state index contributed by atoms with van der Waals surface area (Å²) in [6, 6.07) is 3.46. The van der Waals surface area contributed by atoms with E-state index in [9.17, 15) is 13.2 Å². The quantitative estimate of drug-likeness (QED) is 0.647. The molecular weight excluding hydrogens is 279 g/mol. The molecule has 2 rings (SSSR count). The lowest BCUT2D eigenvalue weighted by Crippen LogP contribution is -2.38. The van der Waals surface area contributed by atoms with Crippen LogP contribution in [0.2, 0.25) is 0 Å². The summed E-state index contributed by atoms with van der Waals surface area (Å²) in [5.41, 5.74) is 5.73. The first-order chi connectivity index (χ1) is 9.60. The Morgan fingerprint density at radius 1 is 1.24 bits per heavy atom. The molecule has 1 aliphatic rings. The molecule has 0 aliphatic carbocycles. The first kappa shape index (κ1) is 15.7. The van der Waals surface area contributed by atoms with Crippen molar-refractivity contribution in [3.05, 3.63) is 29.3 Å². The van der Waals surface area contributed by atoms with Crippen LogP contribution in [0.15, 0.2) is 18.2 Å². The summed E-state index contributed by atoms with van der Waals surface area (Å²) in [7, 11) is 0. The average Bonchev–Trinajstić information content (AvgIpc) is 2.37. The van der Waals surface area contributed by atoms with Crippen LogP contribution >= 0.6 is 0 Å². The van der Waals surface area contributed by atoms with Crippen LogP contribution in [0, 0.1) is 10.8 Å². The second-order valence-electron chi connectivity index (χ2n) is 6.29. The van der Waals surface area contributed by atoms with E-state index in [1.165, 1.54) is 6.07 Å². The van der Waals surface area contributed by atoms with Crippen LogP contribution in [-0.2, 0) is 6.18 Å². The number of rotatable bonds is 2. The zero-order chi connectivity index (χ0) is 15.8. The molecule has 0 amide bonds. The second-order valence-corrected chi connectivity index (χ2v) is 6.29. The van der Waals surface area contributed by atoms with Crippen molar-refractivity contribution in [2.24, 2.45) is 11.1 Å². The van der Waals surface area contributed by atoms with Crippen molar-refractivity contribution >= 4 is 11.5 Å². The number of nitrogen functional groups attached to an aromatic ring is 1. The number of amidine groups is 1. The molecule has 3 N–H and O–H groups in total. The van der Waals surface area contributed by atoms with Gasteiger partial charge in [-0.05, 0) is 36.5 Å². The molecule has 3 nitrogen and oxygen atoms in total. The van der Waals surface area contributed by atoms with Crippen LogP contribution in [-0.4, -0.2) is 18.9 Å². The van der Waals surface area contributed by atoms with E-state index in [1.54, 1.807) is 0 Å². The van der Waals surface area contributed by atoms with Gasteiger partial charge in [0.1, 0.15) is 5.84 Å². The van der Waals surface area contributed by atoms with Gasteiger partial charge >= 0.3 is 6.18 Å². The van der Waals surface area contributed by atoms with Crippen LogP contribution < -0.4 is 10.6 Å². The SMILES string of the molecule is CC1(C)CCN(c2ccc(C(F)(F)F)cc2C(=N)N)CC1. The van der Waals surface area contributed by atoms with Crippen LogP contribution in [0.3, 0.4) is 0 Å². The highest BCUT2D eigenvalue weighted by Crippen LogP contribution is 2.36. The number of hydrogen-bond acceptors (Lipinski definition) is 2. The number of piperidine rings is 1. The summed E-state index contributed by atoms with van der Waals surface area (Å²) in [6.07, 6.45) is -2.50. The number of anilines is 1. The van der Waals surface area contributed by atoms with E-state index in [0.717, 1.165) is 38.1 Å². The smallest absolute Gasteiger partial charge is 0.384 e. The molecule has 1 aromatic rings. The molecule has 0 atom stereocenters. The van der Waals surface area contributed by atoms with E-state index in [2.05, 4.69) is 13.8 Å². The number of halogens is 3. The second kappa shape index (κ2) is 5.24. The molecule has 1 saturated heterocycles. The minimum atomic E-state index is -4.42. The molecular formula is C15H20F3N3. The van der Waals surface area contributed by atoms with Gasteiger partial charge in [0, 0.05) is 24.3 Å². The van der Waals surface area contributed by atoms with E-state index < -0.39 is 11.7 Å². The number of alkyl halides is 3. The molecule has 116 valence electrons. The molecule has 21 heavy (non-hydrogen) atoms. The summed E-state index contributed by atoms with van der Waals surface area (Å²) >= 11 is 0. The summed E-state index contributed by atoms with van der Waals surface area (Å²) < 4.78 is 38.3. The zero-order valence-corrected chi connectivity index (χ0v) is 12.2. The van der Waals surface area contributed by atoms with Crippen molar-refractivity contribution in [1.82, 2.24) is 0 Å². The molecule has 0 bridgehead atoms. The fourth-order valence-corrected chi connectivity index (χ4v) is 2.56. The summed E-state index contributed by atoms with van der Waals surface area (Å²) in [5.74, 6) is -0.332. The monoisotopic (exact) mass is 299 g/mol. The van der Waals surface area contributed by atoms with Gasteiger partial charge in [0.25, 0.3) is 0 Å². The van der Waals surface area contributed by atoms with Gasteiger partial charge in [-0.15, -0.1) is 0 Å². The number of hydrogen-bond donors (Lipinski definition) is 2. The van der Waals surface area contributed by atoms with Crippen molar-refractivity contribution in [3.63, 3.8) is 0 Å². The van der Waals surface area contributed by atoms with Crippen LogP contribution in [0.25, 0.3) is 0 Å². The third-order valence-electron chi connectivity index (χ3n) is 4.07. The number of benzene rings is 1. The minimum Gasteiger partial charge on any atom is -0.384 e. The van der Waals surface area contributed by atoms with Crippen molar-refractivity contribution < 1.29 is 13.2 Å². The van der Waals surface area contributed by atoms with Gasteiger partial charge in [-0.25, -0.2) is 0 Å². The molecule has 1 heterocycles. The van der Waals surface area contributed by atoms with E-state index in [0.29, 0.717) is 5.69 Å². The molecule has 0 spiro atoms. The van der Waals surface area contributed by atoms with Crippen LogP contribution in [0.5, 0.6) is 0 Å². The van der Waals surface area contributed by atoms with Crippen LogP contribution in [0.4, 0.5) is 18.9 Å². The first-order valence-corrected chi connectivity index (χ1v) is 6.91. The highest BCUT2D eigenvalue weighted by molar-refractivity contribution is 6.00. The van der Waals surface area contributed by atoms with Gasteiger partial charge in [-0.3, -0.25) is 5.41 Å². The normalized spacial score (nSPS) is 18.6. The largest absolute Gasteiger partial charge is 0.416 e. The maximum Gasteiger partial charge on any atom is 0.416 e. The number of nitrogens with one attached hydrogen (secondary N) is 1. The summed E-state index contributed by atoms with van der Waals surface area (Å²) in [4.78, 5) is 2.02. The van der Waals surface area contributed by atoms with Crippen LogP contribution in [0.1, 0.15) is 37.8 Å². The molecule has 6 heteroatoms. The first-order valence-electron chi connectivity index (χ1n) is 6.91. The van der Waals surface area contributed by atoms with E-state index in [-0.39, 0.29) is 16.8 Å². The Balaban J connectivity index is 2.34. The third-order valence-corrected chi connectivity index (χ3v) is 4.07. The predicted molar refractivity (Wildman–Crippen MR) is 77.7 cm³/mol. The molecule has 0 aromatic heterocycles. The topological polar surface area (TPSA) is 53.1 Å². The average molecular weight is 299 g/mol. The lowest BCUT2D eigenvalue weighted by atomic mass is 9.82. The maximum atomic E-state index is 12.8. The number of nitrogens with zero attached hydrogens (tertiary/aromatic N) is 1. The highest BCUT2D eigenvalue weighted by atomic mass is 19.4. The van der Waals surface area contributed by atoms with Gasteiger partial charge in [0.2, 0.25) is 0 Å². The van der Waals surface area contributed by atoms with Gasteiger partial charge in [-0.1, -0.05) is 13.8 Å². The standard InChI is InChI=1S/C15H20F3N3/c1-14(2)5-7-21(8-6-14)12-4-3-10(15(16,17)18)9-11(12)13(19)20/h3-4,9H,5-8H2,1-2H3,(H3,19,20). The van der Waals surface area contributed by atoms with Crippen molar-refractivity contribution in [1.29, 1.82) is 5.41 Å². The zero-order valence-electron chi connectivity index (χ0n) is 12.2. The van der Waals surface area contributed by atoms with E-state index in [1.807, 2.05) is 4.90 Å². The lowest BCUT2D eigenvalue weighted by Gasteiger charge is -2.39. The van der Waals surface area contributed by atoms with E-state index >= 15 is 0 Å². The Labute approximate surface area is 122 Å². The van der Waals surface area contributed by atoms with Crippen molar-refractivity contribution in [3.8, 4) is 0 Å². The van der Waals surface area contributed by atoms with Gasteiger partial charge < -0.3 is 10.6 Å². The summed E-state index contributed by atoms with van der Waals surface area (Å²) in [5, 5.41) is 7.56. The molecule has 1 aliphatic heterocycles. The maximum absolute atomic E-state index is 12.8. The Morgan fingerprint density at radius 3 is 2.29 bits per heavy atom. The lowest BCUT2D eigenvalue weighted by molar-refractivity contribution is -0.137. The fourth-order valence-electron chi connectivity index (χ4n) is 2.56. The number of nitrogens with two attached hydrogens (primary N) is 1. The summed E-state index contributed by atoms with van der Waals surface area (Å²) in [6.45, 7) is 5.89. The Kier molecular flexibility index (Phi) is 3.91. The Hall–Kier alpha value is -1.72. The Bertz CT molecular complexity index is 540. The molecule has 1 fully saturated rings. The fraction of sp³-hybridized carbons (Fsp3) is 0.533. The molecule has 0 unspecified atom stereocenters. The molecule has 1 aromatic carbocycles. The molecule has 0 radical (unpaired) electrons. The highest BCUT2D eigenvalue weighted by Gasteiger charge is 2.32. The van der Waals surface area contributed by atoms with Crippen molar-refractivity contribution in [2.75, 3.05) is 18.0 Å². The third kappa shape index (κ3) is 3.49. The predicted octanol–water partition coefficient (Wildman–Crippen LogP) is 3.62. The van der Waals surface area contributed by atoms with Gasteiger partial charge in [0.05, 0.1) is 5.56 Å². The van der Waals surface area contributed by atoms with Gasteiger partial charge in [0.15, 0.2) is 0 Å². The minimum absolute atomic E-state index is 0.157. The van der Waals surface area contributed by atoms with Crippen molar-refractivity contribution in [2.45, 2.75) is 32.9 Å². The molecule has 0 saturated carbocycles.